The minimum absolute atomic E-state index is 0.289. The van der Waals surface area contributed by atoms with Gasteiger partial charge in [-0.1, -0.05) is 18.2 Å². The van der Waals surface area contributed by atoms with Crippen LogP contribution < -0.4 is 4.18 Å². The number of ketones is 1. The number of halogens is 3. The van der Waals surface area contributed by atoms with Crippen molar-refractivity contribution in [1.82, 2.24) is 0 Å². The molecule has 0 amide bonds. The summed E-state index contributed by atoms with van der Waals surface area (Å²) in [5.41, 5.74) is -5.86. The number of allylic oxidation sites excluding steroid dienone is 2. The quantitative estimate of drug-likeness (QED) is 0.357. The molecule has 0 unspecified atom stereocenters. The summed E-state index contributed by atoms with van der Waals surface area (Å²) in [5.74, 6) is -0.638. The molecule has 1 aliphatic rings. The molecule has 0 bridgehead atoms. The molecule has 8 heteroatoms. The van der Waals surface area contributed by atoms with E-state index in [0.717, 1.165) is 18.1 Å². The molecule has 1 aliphatic carbocycles. The van der Waals surface area contributed by atoms with E-state index in [-0.39, 0.29) is 5.56 Å². The average Bonchev–Trinajstić information content (AvgIpc) is 2.97. The second kappa shape index (κ2) is 6.74. The van der Waals surface area contributed by atoms with Crippen molar-refractivity contribution < 1.29 is 30.6 Å². The fraction of sp³-hybridized carbons (Fsp3) is 0.0667. The van der Waals surface area contributed by atoms with Gasteiger partial charge in [-0.05, 0) is 43.9 Å². The Labute approximate surface area is 132 Å². The molecule has 0 spiro atoms. The van der Waals surface area contributed by atoms with Crippen LogP contribution in [-0.4, -0.2) is 19.7 Å². The summed E-state index contributed by atoms with van der Waals surface area (Å²) in [7, 11) is -5.84. The summed E-state index contributed by atoms with van der Waals surface area (Å²) in [6.07, 6.45) is 9.52. The molecule has 0 aromatic heterocycles. The first-order chi connectivity index (χ1) is 10.7. The average molecular weight is 343 g/mol. The number of hydrogen-bond donors (Lipinski definition) is 0. The highest BCUT2D eigenvalue weighted by molar-refractivity contribution is 7.88. The van der Waals surface area contributed by atoms with Gasteiger partial charge >= 0.3 is 15.6 Å². The summed E-state index contributed by atoms with van der Waals surface area (Å²) < 4.78 is 63.3. The predicted octanol–water partition coefficient (Wildman–Crippen LogP) is 3.06. The summed E-state index contributed by atoms with van der Waals surface area (Å²) in [6, 6.07) is 4.81. The Hall–Kier alpha value is -1.83. The number of carbonyl (C=O) groups excluding carboxylic acids is 1. The van der Waals surface area contributed by atoms with E-state index >= 15 is 0 Å². The van der Waals surface area contributed by atoms with Crippen LogP contribution in [0.5, 0.6) is 5.75 Å². The van der Waals surface area contributed by atoms with Gasteiger partial charge in [-0.2, -0.15) is 21.6 Å². The lowest BCUT2D eigenvalue weighted by Crippen LogP contribution is -2.28. The Kier molecular flexibility index (Phi) is 5.13. The minimum Gasteiger partial charge on any atom is -0.375 e. The van der Waals surface area contributed by atoms with E-state index in [9.17, 15) is 26.4 Å². The zero-order valence-electron chi connectivity index (χ0n) is 11.4. The van der Waals surface area contributed by atoms with Crippen LogP contribution in [0.2, 0.25) is 0 Å². The first kappa shape index (κ1) is 17.5. The predicted molar refractivity (Wildman–Crippen MR) is 76.0 cm³/mol. The summed E-state index contributed by atoms with van der Waals surface area (Å²) in [6.45, 7) is 0. The summed E-state index contributed by atoms with van der Waals surface area (Å²) in [5, 5.41) is 0. The lowest BCUT2D eigenvalue weighted by atomic mass is 10.0. The van der Waals surface area contributed by atoms with E-state index in [0.29, 0.717) is 0 Å². The van der Waals surface area contributed by atoms with Gasteiger partial charge in [0, 0.05) is 5.92 Å². The zero-order valence-corrected chi connectivity index (χ0v) is 12.3. The zero-order chi connectivity index (χ0) is 17.1. The number of hydrogen-bond acceptors (Lipinski definition) is 4. The molecule has 1 saturated carbocycles. The number of benzene rings is 1. The second-order valence-electron chi connectivity index (χ2n) is 4.40. The van der Waals surface area contributed by atoms with Crippen LogP contribution in [-0.2, 0) is 10.1 Å². The van der Waals surface area contributed by atoms with Gasteiger partial charge in [-0.15, -0.1) is 0 Å². The van der Waals surface area contributed by atoms with Crippen LogP contribution in [0.3, 0.4) is 0 Å². The van der Waals surface area contributed by atoms with Gasteiger partial charge in [0.25, 0.3) is 0 Å². The maximum Gasteiger partial charge on any atom is 0.534 e. The van der Waals surface area contributed by atoms with Crippen molar-refractivity contribution in [3.8, 4) is 5.75 Å². The van der Waals surface area contributed by atoms with Gasteiger partial charge in [0.1, 0.15) is 0 Å². The van der Waals surface area contributed by atoms with Crippen LogP contribution >= 0.6 is 0 Å². The van der Waals surface area contributed by atoms with Crippen molar-refractivity contribution in [2.75, 3.05) is 0 Å². The smallest absolute Gasteiger partial charge is 0.375 e. The maximum atomic E-state index is 12.4. The highest BCUT2D eigenvalue weighted by atomic mass is 32.2. The van der Waals surface area contributed by atoms with E-state index in [1.807, 2.05) is 0 Å². The van der Waals surface area contributed by atoms with Gasteiger partial charge in [0.05, 0.1) is 5.56 Å². The largest absolute Gasteiger partial charge is 0.534 e. The van der Waals surface area contributed by atoms with Gasteiger partial charge in [0.2, 0.25) is 0 Å². The van der Waals surface area contributed by atoms with E-state index in [2.05, 4.69) is 4.18 Å². The van der Waals surface area contributed by atoms with Crippen molar-refractivity contribution in [3.63, 3.8) is 0 Å². The molecule has 121 valence electrons. The first-order valence-electron chi connectivity index (χ1n) is 6.24. The van der Waals surface area contributed by atoms with Gasteiger partial charge in [-0.3, -0.25) is 4.79 Å². The fourth-order valence-electron chi connectivity index (χ4n) is 1.67. The molecule has 23 heavy (non-hydrogen) atoms. The SMILES string of the molecule is O=C(/C=C/[C]1[CH][CH][CH][CH]1)c1ccccc1OS(=O)(=O)C(F)(F)F. The molecule has 1 fully saturated rings. The molecule has 1 aromatic carbocycles. The molecule has 0 heterocycles. The summed E-state index contributed by atoms with van der Waals surface area (Å²) >= 11 is 0. The normalized spacial score (nSPS) is 16.8. The molecule has 0 saturated heterocycles. The van der Waals surface area contributed by atoms with Crippen LogP contribution in [0.4, 0.5) is 13.2 Å². The third-order valence-corrected chi connectivity index (χ3v) is 3.72. The molecular formula is C15H10F3O4S. The molecule has 5 radical (unpaired) electrons. The van der Waals surface area contributed by atoms with Crippen LogP contribution in [0.1, 0.15) is 10.4 Å². The standard InChI is InChI=1S/C15H10F3O4S/c16-15(17,18)23(20,21)22-14-8-4-3-7-12(14)13(19)10-9-11-5-1-2-6-11/h1-10H/b10-9+. The second-order valence-corrected chi connectivity index (χ2v) is 5.93. The fourth-order valence-corrected chi connectivity index (χ4v) is 2.15. The Morgan fingerprint density at radius 1 is 1.09 bits per heavy atom. The maximum absolute atomic E-state index is 12.4. The Morgan fingerprint density at radius 2 is 1.70 bits per heavy atom. The Morgan fingerprint density at radius 3 is 2.30 bits per heavy atom. The van der Waals surface area contributed by atoms with E-state index in [1.54, 1.807) is 25.7 Å². The van der Waals surface area contributed by atoms with E-state index in [1.165, 1.54) is 24.3 Å². The van der Waals surface area contributed by atoms with E-state index in [4.69, 9.17) is 0 Å². The third kappa shape index (κ3) is 4.34. The van der Waals surface area contributed by atoms with Crippen LogP contribution in [0.25, 0.3) is 0 Å². The van der Waals surface area contributed by atoms with Crippen molar-refractivity contribution in [2.45, 2.75) is 5.51 Å². The Bertz CT molecular complexity index is 702. The highest BCUT2D eigenvalue weighted by Gasteiger charge is 2.48. The van der Waals surface area contributed by atoms with Crippen molar-refractivity contribution in [2.24, 2.45) is 0 Å². The van der Waals surface area contributed by atoms with Crippen molar-refractivity contribution in [1.29, 1.82) is 0 Å². The third-order valence-electron chi connectivity index (χ3n) is 2.75. The molecule has 0 N–H and O–H groups in total. The molecule has 2 rings (SSSR count). The van der Waals surface area contributed by atoms with Crippen molar-refractivity contribution in [3.05, 3.63) is 73.6 Å². The Balaban J connectivity index is 2.22. The molecule has 0 atom stereocenters. The molecule has 1 aromatic rings. The van der Waals surface area contributed by atoms with Gasteiger partial charge in [-0.25, -0.2) is 0 Å². The topological polar surface area (TPSA) is 60.4 Å². The first-order valence-corrected chi connectivity index (χ1v) is 7.65. The van der Waals surface area contributed by atoms with Gasteiger partial charge in [0.15, 0.2) is 11.5 Å². The number of rotatable bonds is 5. The summed E-state index contributed by atoms with van der Waals surface area (Å²) in [4.78, 5) is 12.1. The number of alkyl halides is 3. The van der Waals surface area contributed by atoms with Gasteiger partial charge < -0.3 is 4.18 Å². The highest BCUT2D eigenvalue weighted by Crippen LogP contribution is 2.29. The van der Waals surface area contributed by atoms with Crippen molar-refractivity contribution >= 4 is 15.9 Å². The number of para-hydroxylation sites is 1. The van der Waals surface area contributed by atoms with Crippen LogP contribution in [0.15, 0.2) is 36.4 Å². The lowest BCUT2D eigenvalue weighted by molar-refractivity contribution is -0.0500. The van der Waals surface area contributed by atoms with E-state index < -0.39 is 27.2 Å². The molecular weight excluding hydrogens is 333 g/mol. The molecule has 4 nitrogen and oxygen atoms in total. The molecule has 0 aliphatic heterocycles. The van der Waals surface area contributed by atoms with Crippen LogP contribution in [0, 0.1) is 31.6 Å². The number of carbonyl (C=O) groups is 1. The minimum atomic E-state index is -5.84. The monoisotopic (exact) mass is 343 g/mol. The lowest BCUT2D eigenvalue weighted by Gasteiger charge is -2.11.